The molecule has 0 saturated heterocycles. The molecule has 0 amide bonds. The van der Waals surface area contributed by atoms with Crippen LogP contribution in [0.5, 0.6) is 0 Å². The van der Waals surface area contributed by atoms with Crippen molar-refractivity contribution in [3.8, 4) is 0 Å². The molecule has 0 bridgehead atoms. The molecule has 0 aromatic heterocycles. The summed E-state index contributed by atoms with van der Waals surface area (Å²) in [7, 11) is 0. The molecule has 3 heteroatoms. The highest BCUT2D eigenvalue weighted by molar-refractivity contribution is 5.82. The molecule has 0 spiro atoms. The molecule has 2 aromatic carbocycles. The molecule has 0 unspecified atom stereocenters. The van der Waals surface area contributed by atoms with Crippen LogP contribution in [0.1, 0.15) is 11.1 Å². The highest BCUT2D eigenvalue weighted by Gasteiger charge is 1.86. The van der Waals surface area contributed by atoms with Gasteiger partial charge in [0.05, 0.1) is 12.4 Å². The van der Waals surface area contributed by atoms with E-state index >= 15 is 0 Å². The van der Waals surface area contributed by atoms with Gasteiger partial charge in [0.2, 0.25) is 0 Å². The Bertz CT molecular complexity index is 513. The fourth-order valence-electron chi connectivity index (χ4n) is 1.32. The molecule has 0 aliphatic rings. The number of nitrogen functional groups attached to an aromatic ring is 1. The lowest BCUT2D eigenvalue weighted by Gasteiger charge is -1.92. The van der Waals surface area contributed by atoms with Gasteiger partial charge in [0, 0.05) is 5.69 Å². The van der Waals surface area contributed by atoms with Crippen molar-refractivity contribution in [3.63, 3.8) is 0 Å². The van der Waals surface area contributed by atoms with Crippen LogP contribution in [-0.2, 0) is 0 Å². The molecule has 0 heterocycles. The minimum absolute atomic E-state index is 0.745. The van der Waals surface area contributed by atoms with Crippen molar-refractivity contribution < 1.29 is 0 Å². The summed E-state index contributed by atoms with van der Waals surface area (Å²) >= 11 is 0. The number of nitrogens with zero attached hydrogens (tertiary/aromatic N) is 2. The van der Waals surface area contributed by atoms with Crippen LogP contribution in [0.3, 0.4) is 0 Å². The molecule has 0 fully saturated rings. The fraction of sp³-hybridized carbons (Fsp3) is 0. The maximum atomic E-state index is 5.58. The predicted molar refractivity (Wildman–Crippen MR) is 72.5 cm³/mol. The summed E-state index contributed by atoms with van der Waals surface area (Å²) in [6.07, 6.45) is 3.41. The van der Waals surface area contributed by atoms with Crippen molar-refractivity contribution in [2.45, 2.75) is 0 Å². The Kier molecular flexibility index (Phi) is 3.65. The maximum Gasteiger partial charge on any atom is 0.0568 e. The second-order valence-corrected chi connectivity index (χ2v) is 3.57. The van der Waals surface area contributed by atoms with Gasteiger partial charge in [-0.2, -0.15) is 10.2 Å². The molecule has 84 valence electrons. The van der Waals surface area contributed by atoms with Crippen LogP contribution in [0.4, 0.5) is 5.69 Å². The third-order valence-corrected chi connectivity index (χ3v) is 2.22. The molecule has 17 heavy (non-hydrogen) atoms. The maximum absolute atomic E-state index is 5.58. The van der Waals surface area contributed by atoms with Gasteiger partial charge in [-0.05, 0) is 23.3 Å². The summed E-state index contributed by atoms with van der Waals surface area (Å²) in [5.41, 5.74) is 8.33. The number of hydrogen-bond donors (Lipinski definition) is 1. The molecule has 2 aromatic rings. The third kappa shape index (κ3) is 3.57. The molecule has 2 N–H and O–H groups in total. The minimum Gasteiger partial charge on any atom is -0.399 e. The minimum atomic E-state index is 0.745. The third-order valence-electron chi connectivity index (χ3n) is 2.22. The predicted octanol–water partition coefficient (Wildman–Crippen LogP) is 2.72. The number of hydrogen-bond acceptors (Lipinski definition) is 3. The van der Waals surface area contributed by atoms with Crippen LogP contribution in [0.15, 0.2) is 64.8 Å². The van der Waals surface area contributed by atoms with Gasteiger partial charge >= 0.3 is 0 Å². The molecular formula is C14H13N3. The van der Waals surface area contributed by atoms with Crippen molar-refractivity contribution in [1.29, 1.82) is 0 Å². The molecule has 0 atom stereocenters. The first-order valence-electron chi connectivity index (χ1n) is 5.31. The average Bonchev–Trinajstić information content (AvgIpc) is 2.38. The van der Waals surface area contributed by atoms with E-state index in [9.17, 15) is 0 Å². The first kappa shape index (κ1) is 11.1. The van der Waals surface area contributed by atoms with Crippen LogP contribution in [0.2, 0.25) is 0 Å². The van der Waals surface area contributed by atoms with E-state index in [0.717, 1.165) is 16.8 Å². The number of nitrogens with two attached hydrogens (primary N) is 1. The van der Waals surface area contributed by atoms with E-state index in [1.54, 1.807) is 12.4 Å². The molecule has 0 saturated carbocycles. The van der Waals surface area contributed by atoms with E-state index in [4.69, 9.17) is 5.73 Å². The van der Waals surface area contributed by atoms with Gasteiger partial charge in [-0.25, -0.2) is 0 Å². The summed E-state index contributed by atoms with van der Waals surface area (Å²) in [4.78, 5) is 0. The second kappa shape index (κ2) is 5.61. The second-order valence-electron chi connectivity index (χ2n) is 3.57. The quantitative estimate of drug-likeness (QED) is 0.485. The number of rotatable bonds is 3. The lowest BCUT2D eigenvalue weighted by atomic mass is 10.2. The normalized spacial score (nSPS) is 11.3. The first-order valence-corrected chi connectivity index (χ1v) is 5.31. The topological polar surface area (TPSA) is 50.7 Å². The van der Waals surface area contributed by atoms with Crippen molar-refractivity contribution >= 4 is 18.1 Å². The average molecular weight is 223 g/mol. The lowest BCUT2D eigenvalue weighted by molar-refractivity contribution is 1.26. The van der Waals surface area contributed by atoms with Crippen LogP contribution < -0.4 is 5.73 Å². The van der Waals surface area contributed by atoms with E-state index in [0.29, 0.717) is 0 Å². The van der Waals surface area contributed by atoms with E-state index in [2.05, 4.69) is 10.2 Å². The van der Waals surface area contributed by atoms with Crippen LogP contribution in [-0.4, -0.2) is 12.4 Å². The van der Waals surface area contributed by atoms with Gasteiger partial charge in [0.15, 0.2) is 0 Å². The standard InChI is InChI=1S/C14H13N3/c15-14-8-6-13(7-9-14)11-17-16-10-12-4-2-1-3-5-12/h1-11H,15H2/b16-10+,17-11+. The summed E-state index contributed by atoms with van der Waals surface area (Å²) in [5, 5.41) is 7.94. The Morgan fingerprint density at radius 3 is 1.82 bits per heavy atom. The Balaban J connectivity index is 1.98. The Morgan fingerprint density at radius 1 is 0.706 bits per heavy atom. The molecular weight excluding hydrogens is 210 g/mol. The Morgan fingerprint density at radius 2 is 1.24 bits per heavy atom. The van der Waals surface area contributed by atoms with Gasteiger partial charge in [0.1, 0.15) is 0 Å². The van der Waals surface area contributed by atoms with Gasteiger partial charge in [-0.15, -0.1) is 0 Å². The summed E-state index contributed by atoms with van der Waals surface area (Å²) in [5.74, 6) is 0. The fourth-order valence-corrected chi connectivity index (χ4v) is 1.32. The van der Waals surface area contributed by atoms with Crippen molar-refractivity contribution in [3.05, 3.63) is 65.7 Å². The van der Waals surface area contributed by atoms with Gasteiger partial charge < -0.3 is 5.73 Å². The zero-order valence-corrected chi connectivity index (χ0v) is 9.32. The van der Waals surface area contributed by atoms with E-state index in [1.165, 1.54) is 0 Å². The monoisotopic (exact) mass is 223 g/mol. The van der Waals surface area contributed by atoms with Gasteiger partial charge in [0.25, 0.3) is 0 Å². The van der Waals surface area contributed by atoms with Gasteiger partial charge in [-0.1, -0.05) is 42.5 Å². The van der Waals surface area contributed by atoms with Crippen molar-refractivity contribution in [1.82, 2.24) is 0 Å². The highest BCUT2D eigenvalue weighted by atomic mass is 15.2. The van der Waals surface area contributed by atoms with Gasteiger partial charge in [-0.3, -0.25) is 0 Å². The Hall–Kier alpha value is -2.42. The molecule has 3 nitrogen and oxygen atoms in total. The molecule has 2 rings (SSSR count). The van der Waals surface area contributed by atoms with Crippen LogP contribution in [0, 0.1) is 0 Å². The summed E-state index contributed by atoms with van der Waals surface area (Å²) < 4.78 is 0. The van der Waals surface area contributed by atoms with Crippen molar-refractivity contribution in [2.24, 2.45) is 10.2 Å². The largest absolute Gasteiger partial charge is 0.399 e. The summed E-state index contributed by atoms with van der Waals surface area (Å²) in [6, 6.07) is 17.3. The Labute approximate surface area is 100 Å². The number of anilines is 1. The van der Waals surface area contributed by atoms with E-state index in [1.807, 2.05) is 54.6 Å². The lowest BCUT2D eigenvalue weighted by Crippen LogP contribution is -1.85. The summed E-state index contributed by atoms with van der Waals surface area (Å²) in [6.45, 7) is 0. The molecule has 0 aliphatic heterocycles. The SMILES string of the molecule is Nc1ccc(/C=N/N=C/c2ccccc2)cc1. The zero-order valence-electron chi connectivity index (χ0n) is 9.32. The van der Waals surface area contributed by atoms with Crippen LogP contribution >= 0.6 is 0 Å². The number of benzene rings is 2. The van der Waals surface area contributed by atoms with Crippen molar-refractivity contribution in [2.75, 3.05) is 5.73 Å². The van der Waals surface area contributed by atoms with E-state index < -0.39 is 0 Å². The highest BCUT2D eigenvalue weighted by Crippen LogP contribution is 2.03. The zero-order chi connectivity index (χ0) is 11.9. The first-order chi connectivity index (χ1) is 8.34. The van der Waals surface area contributed by atoms with E-state index in [-0.39, 0.29) is 0 Å². The molecule has 0 radical (unpaired) electrons. The van der Waals surface area contributed by atoms with Crippen LogP contribution in [0.25, 0.3) is 0 Å². The smallest absolute Gasteiger partial charge is 0.0568 e. The molecule has 0 aliphatic carbocycles.